The van der Waals surface area contributed by atoms with Gasteiger partial charge in [-0.3, -0.25) is 4.79 Å². The van der Waals surface area contributed by atoms with Crippen LogP contribution in [0.2, 0.25) is 0 Å². The number of hydrogen-bond acceptors (Lipinski definition) is 5. The normalized spacial score (nSPS) is 10.5. The molecule has 0 aliphatic carbocycles. The van der Waals surface area contributed by atoms with Crippen molar-refractivity contribution in [3.8, 4) is 0 Å². The fourth-order valence-corrected chi connectivity index (χ4v) is 1.65. The average Bonchev–Trinajstić information content (AvgIpc) is 2.30. The molecule has 88 valence electrons. The highest BCUT2D eigenvalue weighted by Crippen LogP contribution is 2.15. The number of ether oxygens (including phenoxy) is 1. The summed E-state index contributed by atoms with van der Waals surface area (Å²) in [7, 11) is 0. The number of esters is 1. The van der Waals surface area contributed by atoms with Gasteiger partial charge in [0.25, 0.3) is 0 Å². The maximum atomic E-state index is 11.7. The van der Waals surface area contributed by atoms with Crippen LogP contribution in [-0.2, 0) is 4.74 Å². The first kappa shape index (κ1) is 11.8. The molecule has 2 aromatic heterocycles. The highest BCUT2D eigenvalue weighted by molar-refractivity contribution is 9.10. The molecule has 0 bridgehead atoms. The Morgan fingerprint density at radius 3 is 3.00 bits per heavy atom. The van der Waals surface area contributed by atoms with Crippen molar-refractivity contribution in [3.05, 3.63) is 38.8 Å². The first-order chi connectivity index (χ1) is 8.11. The lowest BCUT2D eigenvalue weighted by Crippen LogP contribution is -2.10. The lowest BCUT2D eigenvalue weighted by Gasteiger charge is -2.01. The molecule has 0 atom stereocenters. The number of fused-ring (bicyclic) bond motifs is 1. The van der Waals surface area contributed by atoms with Crippen molar-refractivity contribution >= 4 is 33.0 Å². The third-order valence-electron chi connectivity index (χ3n) is 2.03. The summed E-state index contributed by atoms with van der Waals surface area (Å²) >= 11 is 3.20. The fraction of sp³-hybridized carbons (Fsp3) is 0.182. The van der Waals surface area contributed by atoms with Gasteiger partial charge in [0.15, 0.2) is 5.43 Å². The highest BCUT2D eigenvalue weighted by Gasteiger charge is 2.13. The third kappa shape index (κ3) is 2.36. The zero-order valence-corrected chi connectivity index (χ0v) is 10.5. The Morgan fingerprint density at radius 2 is 2.29 bits per heavy atom. The number of hydrogen-bond donors (Lipinski definition) is 0. The van der Waals surface area contributed by atoms with E-state index in [9.17, 15) is 9.59 Å². The van der Waals surface area contributed by atoms with Crippen molar-refractivity contribution in [2.75, 3.05) is 6.61 Å². The standard InChI is InChI=1S/C11H8BrNO4/c1-2-16-11(15)9-4-8(14)7-3-6(12)5-13-10(7)17-9/h3-5H,2H2,1H3. The number of halogens is 1. The monoisotopic (exact) mass is 297 g/mol. The smallest absolute Gasteiger partial charge is 0.374 e. The van der Waals surface area contributed by atoms with E-state index in [1.807, 2.05) is 0 Å². The van der Waals surface area contributed by atoms with Gasteiger partial charge < -0.3 is 9.15 Å². The van der Waals surface area contributed by atoms with Crippen LogP contribution in [0.3, 0.4) is 0 Å². The van der Waals surface area contributed by atoms with Crippen molar-refractivity contribution in [2.45, 2.75) is 6.92 Å². The van der Waals surface area contributed by atoms with E-state index < -0.39 is 5.97 Å². The average molecular weight is 298 g/mol. The zero-order chi connectivity index (χ0) is 12.4. The van der Waals surface area contributed by atoms with Crippen molar-refractivity contribution in [1.29, 1.82) is 0 Å². The molecule has 2 rings (SSSR count). The number of pyridine rings is 1. The van der Waals surface area contributed by atoms with Gasteiger partial charge in [-0.2, -0.15) is 0 Å². The number of rotatable bonds is 2. The highest BCUT2D eigenvalue weighted by atomic mass is 79.9. The minimum atomic E-state index is -0.670. The Hall–Kier alpha value is -1.69. The molecule has 0 amide bonds. The molecule has 0 spiro atoms. The van der Waals surface area contributed by atoms with E-state index in [1.165, 1.54) is 6.20 Å². The van der Waals surface area contributed by atoms with Gasteiger partial charge in [0.1, 0.15) is 0 Å². The van der Waals surface area contributed by atoms with Gasteiger partial charge >= 0.3 is 5.97 Å². The van der Waals surface area contributed by atoms with Crippen LogP contribution in [0.1, 0.15) is 17.5 Å². The summed E-state index contributed by atoms with van der Waals surface area (Å²) in [5, 5.41) is 0.312. The van der Waals surface area contributed by atoms with Crippen LogP contribution in [0.25, 0.3) is 11.1 Å². The molecule has 0 fully saturated rings. The van der Waals surface area contributed by atoms with Crippen LogP contribution in [0.4, 0.5) is 0 Å². The summed E-state index contributed by atoms with van der Waals surface area (Å²) in [6.45, 7) is 1.89. The molecule has 0 aliphatic heterocycles. The van der Waals surface area contributed by atoms with Crippen LogP contribution in [-0.4, -0.2) is 17.6 Å². The minimum Gasteiger partial charge on any atom is -0.460 e. The molecular formula is C11H8BrNO4. The van der Waals surface area contributed by atoms with Crippen molar-refractivity contribution in [1.82, 2.24) is 4.98 Å². The first-order valence-corrected chi connectivity index (χ1v) is 5.67. The molecule has 2 heterocycles. The molecular weight excluding hydrogens is 290 g/mol. The summed E-state index contributed by atoms with van der Waals surface area (Å²) < 4.78 is 10.6. The van der Waals surface area contributed by atoms with Crippen LogP contribution >= 0.6 is 15.9 Å². The Morgan fingerprint density at radius 1 is 1.53 bits per heavy atom. The topological polar surface area (TPSA) is 69.4 Å². The van der Waals surface area contributed by atoms with Crippen LogP contribution < -0.4 is 5.43 Å². The summed E-state index contributed by atoms with van der Waals surface area (Å²) in [6.07, 6.45) is 1.49. The van der Waals surface area contributed by atoms with Crippen molar-refractivity contribution < 1.29 is 13.9 Å². The van der Waals surface area contributed by atoms with E-state index in [-0.39, 0.29) is 23.5 Å². The second-order valence-corrected chi connectivity index (χ2v) is 4.12. The summed E-state index contributed by atoms with van der Waals surface area (Å²) in [6, 6.07) is 2.69. The Kier molecular flexibility index (Phi) is 3.23. The fourth-order valence-electron chi connectivity index (χ4n) is 1.32. The summed E-state index contributed by atoms with van der Waals surface area (Å²) in [5.74, 6) is -0.810. The van der Waals surface area contributed by atoms with E-state index in [1.54, 1.807) is 13.0 Å². The maximum Gasteiger partial charge on any atom is 0.374 e. The van der Waals surface area contributed by atoms with E-state index >= 15 is 0 Å². The molecule has 2 aromatic rings. The first-order valence-electron chi connectivity index (χ1n) is 4.88. The van der Waals surface area contributed by atoms with Gasteiger partial charge in [-0.25, -0.2) is 9.78 Å². The molecule has 0 saturated heterocycles. The molecule has 0 N–H and O–H groups in total. The largest absolute Gasteiger partial charge is 0.460 e. The Labute approximate surface area is 105 Å². The number of nitrogens with zero attached hydrogens (tertiary/aromatic N) is 1. The molecule has 17 heavy (non-hydrogen) atoms. The van der Waals surface area contributed by atoms with Gasteiger partial charge in [0, 0.05) is 16.7 Å². The van der Waals surface area contributed by atoms with Crippen LogP contribution in [0.15, 0.2) is 32.0 Å². The second kappa shape index (κ2) is 4.67. The lowest BCUT2D eigenvalue weighted by atomic mass is 10.3. The van der Waals surface area contributed by atoms with Gasteiger partial charge in [-0.15, -0.1) is 0 Å². The molecule has 0 aliphatic rings. The maximum absolute atomic E-state index is 11.7. The lowest BCUT2D eigenvalue weighted by molar-refractivity contribution is 0.0490. The predicted molar refractivity (Wildman–Crippen MR) is 63.9 cm³/mol. The van der Waals surface area contributed by atoms with Gasteiger partial charge in [0.05, 0.1) is 12.0 Å². The SMILES string of the molecule is CCOC(=O)c1cc(=O)c2cc(Br)cnc2o1. The number of carbonyl (C=O) groups is 1. The zero-order valence-electron chi connectivity index (χ0n) is 8.90. The molecule has 0 unspecified atom stereocenters. The van der Waals surface area contributed by atoms with Crippen molar-refractivity contribution in [3.63, 3.8) is 0 Å². The van der Waals surface area contributed by atoms with Crippen LogP contribution in [0.5, 0.6) is 0 Å². The molecule has 0 aromatic carbocycles. The minimum absolute atomic E-state index is 0.115. The Balaban J connectivity index is 2.60. The summed E-state index contributed by atoms with van der Waals surface area (Å²) in [5.41, 5.74) is -0.216. The van der Waals surface area contributed by atoms with Gasteiger partial charge in [-0.1, -0.05) is 0 Å². The molecule has 0 radical (unpaired) electrons. The third-order valence-corrected chi connectivity index (χ3v) is 2.46. The molecule has 6 heteroatoms. The van der Waals surface area contributed by atoms with E-state index in [0.717, 1.165) is 6.07 Å². The van der Waals surface area contributed by atoms with Gasteiger partial charge in [-0.05, 0) is 28.9 Å². The van der Waals surface area contributed by atoms with E-state index in [4.69, 9.17) is 9.15 Å². The summed E-state index contributed by atoms with van der Waals surface area (Å²) in [4.78, 5) is 27.1. The van der Waals surface area contributed by atoms with Crippen LogP contribution in [0, 0.1) is 0 Å². The quantitative estimate of drug-likeness (QED) is 0.794. The van der Waals surface area contributed by atoms with Crippen molar-refractivity contribution in [2.24, 2.45) is 0 Å². The van der Waals surface area contributed by atoms with E-state index in [2.05, 4.69) is 20.9 Å². The predicted octanol–water partition coefficient (Wildman–Crippen LogP) is 2.13. The number of carbonyl (C=O) groups excluding carboxylic acids is 1. The number of aromatic nitrogens is 1. The molecule has 5 nitrogen and oxygen atoms in total. The van der Waals surface area contributed by atoms with E-state index in [0.29, 0.717) is 9.86 Å². The van der Waals surface area contributed by atoms with Gasteiger partial charge in [0.2, 0.25) is 11.5 Å². The Bertz CT molecular complexity index is 635. The molecule has 0 saturated carbocycles. The second-order valence-electron chi connectivity index (χ2n) is 3.20.